The molecule has 1 aliphatic rings. The van der Waals surface area contributed by atoms with E-state index in [-0.39, 0.29) is 0 Å². The Balaban J connectivity index is 2.12. The lowest BCUT2D eigenvalue weighted by Gasteiger charge is -2.21. The number of carboxylic acids is 1. The third kappa shape index (κ3) is 4.54. The van der Waals surface area contributed by atoms with Crippen LogP contribution in [0.2, 0.25) is 0 Å². The normalized spacial score (nSPS) is 17.5. The quantitative estimate of drug-likeness (QED) is 0.625. The lowest BCUT2D eigenvalue weighted by atomic mass is 9.96. The van der Waals surface area contributed by atoms with Gasteiger partial charge in [0.05, 0.1) is 6.54 Å². The first-order valence-electron chi connectivity index (χ1n) is 4.74. The molecule has 1 rings (SSSR count). The molecule has 3 heteroatoms. The second kappa shape index (κ2) is 5.60. The second-order valence-corrected chi connectivity index (χ2v) is 3.32. The second-order valence-electron chi connectivity index (χ2n) is 3.32. The Morgan fingerprint density at radius 2 is 2.08 bits per heavy atom. The minimum Gasteiger partial charge on any atom is -0.472 e. The zero-order chi connectivity index (χ0) is 9.52. The van der Waals surface area contributed by atoms with Crippen LogP contribution in [0, 0.1) is 11.8 Å². The first-order valence-corrected chi connectivity index (χ1v) is 4.74. The minimum atomic E-state index is -1.05. The highest BCUT2D eigenvalue weighted by molar-refractivity contribution is 5.86. The molecule has 3 nitrogen and oxygen atoms in total. The molecule has 0 aromatic carbocycles. The molecule has 13 heavy (non-hydrogen) atoms. The molecule has 0 heterocycles. The summed E-state index contributed by atoms with van der Waals surface area (Å²) < 4.78 is 0. The maximum absolute atomic E-state index is 10.0. The summed E-state index contributed by atoms with van der Waals surface area (Å²) in [5.41, 5.74) is 0. The zero-order valence-corrected chi connectivity index (χ0v) is 7.68. The molecule has 0 spiro atoms. The lowest BCUT2D eigenvalue weighted by molar-refractivity contribution is -0.130. The van der Waals surface area contributed by atoms with Crippen molar-refractivity contribution in [3.05, 3.63) is 0 Å². The van der Waals surface area contributed by atoms with Gasteiger partial charge in [-0.15, -0.1) is 0 Å². The van der Waals surface area contributed by atoms with E-state index in [1.54, 1.807) is 0 Å². The van der Waals surface area contributed by atoms with Crippen molar-refractivity contribution in [1.29, 1.82) is 0 Å². The molecule has 1 aliphatic carbocycles. The van der Waals surface area contributed by atoms with E-state index in [9.17, 15) is 4.79 Å². The molecule has 0 radical (unpaired) electrons. The molecule has 0 aliphatic heterocycles. The molecular weight excluding hydrogens is 166 g/mol. The molecule has 0 saturated heterocycles. The van der Waals surface area contributed by atoms with Crippen molar-refractivity contribution in [2.45, 2.75) is 38.1 Å². The average Bonchev–Trinajstić information content (AvgIpc) is 2.14. The van der Waals surface area contributed by atoms with Gasteiger partial charge >= 0.3 is 5.97 Å². The van der Waals surface area contributed by atoms with Gasteiger partial charge in [-0.1, -0.05) is 25.2 Å². The standard InChI is InChI=1S/C10H15NO2/c12-10(13)7-4-8-11-9-5-2-1-3-6-9/h9,11H,1-3,5-6,8H2,(H,12,13). The molecular formula is C10H15NO2. The first kappa shape index (κ1) is 10.1. The Morgan fingerprint density at radius 1 is 1.38 bits per heavy atom. The third-order valence-electron chi connectivity index (χ3n) is 2.28. The van der Waals surface area contributed by atoms with Crippen LogP contribution in [0.3, 0.4) is 0 Å². The highest BCUT2D eigenvalue weighted by Gasteiger charge is 2.10. The zero-order valence-electron chi connectivity index (χ0n) is 7.68. The highest BCUT2D eigenvalue weighted by atomic mass is 16.4. The largest absolute Gasteiger partial charge is 0.472 e. The molecule has 1 saturated carbocycles. The van der Waals surface area contributed by atoms with Gasteiger partial charge in [0.25, 0.3) is 0 Å². The summed E-state index contributed by atoms with van der Waals surface area (Å²) in [5, 5.41) is 11.5. The van der Waals surface area contributed by atoms with Gasteiger partial charge in [0, 0.05) is 12.0 Å². The summed E-state index contributed by atoms with van der Waals surface area (Å²) in [6.45, 7) is 0.497. The van der Waals surface area contributed by atoms with E-state index in [0.29, 0.717) is 12.6 Å². The Morgan fingerprint density at radius 3 is 2.69 bits per heavy atom. The van der Waals surface area contributed by atoms with E-state index >= 15 is 0 Å². The van der Waals surface area contributed by atoms with Crippen molar-refractivity contribution in [2.24, 2.45) is 0 Å². The van der Waals surface area contributed by atoms with Gasteiger partial charge in [0.15, 0.2) is 0 Å². The molecule has 0 aromatic rings. The van der Waals surface area contributed by atoms with Crippen molar-refractivity contribution in [1.82, 2.24) is 5.32 Å². The van der Waals surface area contributed by atoms with Crippen molar-refractivity contribution >= 4 is 5.97 Å². The molecule has 2 N–H and O–H groups in total. The fourth-order valence-corrected chi connectivity index (χ4v) is 1.62. The Kier molecular flexibility index (Phi) is 4.34. The van der Waals surface area contributed by atoms with Gasteiger partial charge in [-0.2, -0.15) is 0 Å². The van der Waals surface area contributed by atoms with Gasteiger partial charge in [0.2, 0.25) is 0 Å². The fourth-order valence-electron chi connectivity index (χ4n) is 1.62. The number of hydrogen-bond donors (Lipinski definition) is 2. The summed E-state index contributed by atoms with van der Waals surface area (Å²) in [4.78, 5) is 10.0. The van der Waals surface area contributed by atoms with Gasteiger partial charge in [0.1, 0.15) is 0 Å². The van der Waals surface area contributed by atoms with Crippen LogP contribution >= 0.6 is 0 Å². The third-order valence-corrected chi connectivity index (χ3v) is 2.28. The maximum atomic E-state index is 10.0. The van der Waals surface area contributed by atoms with Crippen LogP contribution in [0.25, 0.3) is 0 Å². The van der Waals surface area contributed by atoms with Gasteiger partial charge in [-0.25, -0.2) is 4.79 Å². The number of carbonyl (C=O) groups is 1. The van der Waals surface area contributed by atoms with E-state index in [1.807, 2.05) is 0 Å². The predicted molar refractivity (Wildman–Crippen MR) is 50.3 cm³/mol. The summed E-state index contributed by atoms with van der Waals surface area (Å²) in [7, 11) is 0. The molecule has 72 valence electrons. The Hall–Kier alpha value is -1.01. The Labute approximate surface area is 78.5 Å². The van der Waals surface area contributed by atoms with Crippen molar-refractivity contribution in [2.75, 3.05) is 6.54 Å². The van der Waals surface area contributed by atoms with Gasteiger partial charge in [-0.3, -0.25) is 0 Å². The SMILES string of the molecule is O=C(O)C#CCNC1CCCCC1. The molecule has 0 atom stereocenters. The highest BCUT2D eigenvalue weighted by Crippen LogP contribution is 2.16. The van der Waals surface area contributed by atoms with E-state index in [2.05, 4.69) is 17.2 Å². The van der Waals surface area contributed by atoms with E-state index in [0.717, 1.165) is 0 Å². The predicted octanol–water partition coefficient (Wildman–Crippen LogP) is 0.997. The van der Waals surface area contributed by atoms with Crippen LogP contribution in [0.15, 0.2) is 0 Å². The summed E-state index contributed by atoms with van der Waals surface area (Å²) in [6.07, 6.45) is 6.30. The number of carboxylic acid groups (broad SMARTS) is 1. The average molecular weight is 181 g/mol. The maximum Gasteiger partial charge on any atom is 0.381 e. The number of rotatable bonds is 2. The fraction of sp³-hybridized carbons (Fsp3) is 0.700. The molecule has 1 fully saturated rings. The van der Waals surface area contributed by atoms with E-state index < -0.39 is 5.97 Å². The molecule has 0 unspecified atom stereocenters. The number of aliphatic carboxylic acids is 1. The summed E-state index contributed by atoms with van der Waals surface area (Å²) in [5.74, 6) is 3.61. The van der Waals surface area contributed by atoms with Crippen molar-refractivity contribution < 1.29 is 9.90 Å². The number of nitrogens with one attached hydrogen (secondary N) is 1. The first-order chi connectivity index (χ1) is 6.29. The molecule has 0 aromatic heterocycles. The smallest absolute Gasteiger partial charge is 0.381 e. The van der Waals surface area contributed by atoms with E-state index in [1.165, 1.54) is 32.1 Å². The van der Waals surface area contributed by atoms with Crippen molar-refractivity contribution in [3.8, 4) is 11.8 Å². The summed E-state index contributed by atoms with van der Waals surface area (Å²) in [6, 6.07) is 0.553. The Bertz CT molecular complexity index is 221. The minimum absolute atomic E-state index is 0.497. The van der Waals surface area contributed by atoms with Crippen LogP contribution in [-0.4, -0.2) is 23.7 Å². The summed E-state index contributed by atoms with van der Waals surface area (Å²) >= 11 is 0. The van der Waals surface area contributed by atoms with Crippen LogP contribution in [0.4, 0.5) is 0 Å². The van der Waals surface area contributed by atoms with Crippen molar-refractivity contribution in [3.63, 3.8) is 0 Å². The lowest BCUT2D eigenvalue weighted by Crippen LogP contribution is -2.31. The van der Waals surface area contributed by atoms with Crippen LogP contribution in [0.5, 0.6) is 0 Å². The van der Waals surface area contributed by atoms with E-state index in [4.69, 9.17) is 5.11 Å². The van der Waals surface area contributed by atoms with Crippen LogP contribution in [0.1, 0.15) is 32.1 Å². The topological polar surface area (TPSA) is 49.3 Å². The number of hydrogen-bond acceptors (Lipinski definition) is 2. The van der Waals surface area contributed by atoms with Gasteiger partial charge < -0.3 is 10.4 Å². The van der Waals surface area contributed by atoms with Crippen LogP contribution in [-0.2, 0) is 4.79 Å². The van der Waals surface area contributed by atoms with Crippen LogP contribution < -0.4 is 5.32 Å². The molecule has 0 amide bonds. The van der Waals surface area contributed by atoms with Gasteiger partial charge in [-0.05, 0) is 12.8 Å². The molecule has 0 bridgehead atoms. The monoisotopic (exact) mass is 181 g/mol.